The third-order valence-electron chi connectivity index (χ3n) is 4.28. The van der Waals surface area contributed by atoms with Crippen LogP contribution in [0.4, 0.5) is 0 Å². The number of methoxy groups -OCH3 is 2. The zero-order chi connectivity index (χ0) is 14.5. The maximum atomic E-state index is 6.01. The highest BCUT2D eigenvalue weighted by Crippen LogP contribution is 2.37. The molecule has 1 aliphatic heterocycles. The standard InChI is InChI=1S/C16H26N2O2/c1-18-7-5-4-6-12(11-17)16(18)13-8-14(19-2)10-15(9-13)20-3/h8-10,12,16H,4-7,11,17H2,1-3H3. The highest BCUT2D eigenvalue weighted by atomic mass is 16.5. The summed E-state index contributed by atoms with van der Waals surface area (Å²) in [4.78, 5) is 2.42. The summed E-state index contributed by atoms with van der Waals surface area (Å²) >= 11 is 0. The fraction of sp³-hybridized carbons (Fsp3) is 0.625. The van der Waals surface area contributed by atoms with Gasteiger partial charge >= 0.3 is 0 Å². The molecule has 4 heteroatoms. The third-order valence-corrected chi connectivity index (χ3v) is 4.28. The molecule has 1 fully saturated rings. The molecule has 2 N–H and O–H groups in total. The van der Waals surface area contributed by atoms with Gasteiger partial charge < -0.3 is 15.2 Å². The first-order chi connectivity index (χ1) is 9.69. The second-order valence-electron chi connectivity index (χ2n) is 5.56. The molecule has 0 saturated carbocycles. The minimum absolute atomic E-state index is 0.339. The summed E-state index contributed by atoms with van der Waals surface area (Å²) in [5, 5.41) is 0. The molecular formula is C16H26N2O2. The van der Waals surface area contributed by atoms with Gasteiger partial charge in [0.1, 0.15) is 11.5 Å². The van der Waals surface area contributed by atoms with Crippen molar-refractivity contribution in [2.45, 2.75) is 25.3 Å². The van der Waals surface area contributed by atoms with Gasteiger partial charge in [-0.2, -0.15) is 0 Å². The zero-order valence-corrected chi connectivity index (χ0v) is 12.8. The minimum atomic E-state index is 0.339. The number of hydrogen-bond acceptors (Lipinski definition) is 4. The van der Waals surface area contributed by atoms with Gasteiger partial charge in [0, 0.05) is 12.1 Å². The predicted molar refractivity (Wildman–Crippen MR) is 81.3 cm³/mol. The molecule has 0 spiro atoms. The van der Waals surface area contributed by atoms with Gasteiger partial charge in [-0.05, 0) is 56.6 Å². The van der Waals surface area contributed by atoms with Crippen molar-refractivity contribution in [3.8, 4) is 11.5 Å². The van der Waals surface area contributed by atoms with Crippen molar-refractivity contribution >= 4 is 0 Å². The minimum Gasteiger partial charge on any atom is -0.497 e. The van der Waals surface area contributed by atoms with Crippen LogP contribution in [0, 0.1) is 5.92 Å². The highest BCUT2D eigenvalue weighted by molar-refractivity contribution is 5.40. The second kappa shape index (κ2) is 6.95. The summed E-state index contributed by atoms with van der Waals surface area (Å²) in [7, 11) is 5.57. The molecule has 2 rings (SSSR count). The molecular weight excluding hydrogens is 252 g/mol. The van der Waals surface area contributed by atoms with Crippen LogP contribution in [-0.4, -0.2) is 39.3 Å². The van der Waals surface area contributed by atoms with Gasteiger partial charge in [-0.25, -0.2) is 0 Å². The van der Waals surface area contributed by atoms with Crippen molar-refractivity contribution in [3.63, 3.8) is 0 Å². The lowest BCUT2D eigenvalue weighted by atomic mass is 9.89. The van der Waals surface area contributed by atoms with Crippen molar-refractivity contribution in [2.75, 3.05) is 34.4 Å². The van der Waals surface area contributed by atoms with Gasteiger partial charge in [0.05, 0.1) is 14.2 Å². The van der Waals surface area contributed by atoms with Crippen LogP contribution in [-0.2, 0) is 0 Å². The largest absolute Gasteiger partial charge is 0.497 e. The molecule has 0 amide bonds. The van der Waals surface area contributed by atoms with E-state index in [9.17, 15) is 0 Å². The smallest absolute Gasteiger partial charge is 0.122 e. The molecule has 1 aromatic carbocycles. The van der Waals surface area contributed by atoms with Gasteiger partial charge in [0.25, 0.3) is 0 Å². The average Bonchev–Trinajstić information content (AvgIpc) is 2.67. The van der Waals surface area contributed by atoms with Crippen molar-refractivity contribution in [3.05, 3.63) is 23.8 Å². The average molecular weight is 278 g/mol. The Hall–Kier alpha value is -1.26. The fourth-order valence-corrected chi connectivity index (χ4v) is 3.20. The maximum Gasteiger partial charge on any atom is 0.122 e. The van der Waals surface area contributed by atoms with Gasteiger partial charge in [-0.1, -0.05) is 6.42 Å². The maximum absolute atomic E-state index is 6.01. The predicted octanol–water partition coefficient (Wildman–Crippen LogP) is 2.44. The number of rotatable bonds is 4. The Morgan fingerprint density at radius 3 is 2.35 bits per heavy atom. The number of likely N-dealkylation sites (tertiary alicyclic amines) is 1. The number of ether oxygens (including phenoxy) is 2. The molecule has 2 atom stereocenters. The number of hydrogen-bond donors (Lipinski definition) is 1. The lowest BCUT2D eigenvalue weighted by Gasteiger charge is -2.32. The van der Waals surface area contributed by atoms with Crippen LogP contribution in [0.15, 0.2) is 18.2 Å². The van der Waals surface area contributed by atoms with Crippen molar-refractivity contribution in [2.24, 2.45) is 11.7 Å². The lowest BCUT2D eigenvalue weighted by Crippen LogP contribution is -2.33. The van der Waals surface area contributed by atoms with Crippen molar-refractivity contribution < 1.29 is 9.47 Å². The monoisotopic (exact) mass is 278 g/mol. The number of nitrogens with zero attached hydrogens (tertiary/aromatic N) is 1. The molecule has 1 heterocycles. The molecule has 112 valence electrons. The van der Waals surface area contributed by atoms with Crippen LogP contribution >= 0.6 is 0 Å². The van der Waals surface area contributed by atoms with E-state index in [1.54, 1.807) is 14.2 Å². The second-order valence-corrected chi connectivity index (χ2v) is 5.56. The van der Waals surface area contributed by atoms with Gasteiger partial charge in [-0.15, -0.1) is 0 Å². The first-order valence-electron chi connectivity index (χ1n) is 7.33. The Balaban J connectivity index is 2.39. The topological polar surface area (TPSA) is 47.7 Å². The molecule has 0 radical (unpaired) electrons. The van der Waals surface area contributed by atoms with E-state index < -0.39 is 0 Å². The van der Waals surface area contributed by atoms with Gasteiger partial charge in [0.2, 0.25) is 0 Å². The van der Waals surface area contributed by atoms with E-state index in [2.05, 4.69) is 24.1 Å². The number of nitrogens with two attached hydrogens (primary N) is 1. The molecule has 0 aliphatic carbocycles. The first-order valence-corrected chi connectivity index (χ1v) is 7.33. The first kappa shape index (κ1) is 15.1. The van der Waals surface area contributed by atoms with Crippen LogP contribution in [0.1, 0.15) is 30.9 Å². The van der Waals surface area contributed by atoms with Crippen molar-refractivity contribution in [1.29, 1.82) is 0 Å². The molecule has 4 nitrogen and oxygen atoms in total. The summed E-state index contributed by atoms with van der Waals surface area (Å²) in [5.41, 5.74) is 7.25. The summed E-state index contributed by atoms with van der Waals surface area (Å²) in [5.74, 6) is 2.17. The summed E-state index contributed by atoms with van der Waals surface area (Å²) in [6, 6.07) is 6.47. The molecule has 1 saturated heterocycles. The summed E-state index contributed by atoms with van der Waals surface area (Å²) in [6.45, 7) is 1.83. The van der Waals surface area contributed by atoms with Gasteiger partial charge in [-0.3, -0.25) is 4.90 Å². The van der Waals surface area contributed by atoms with Crippen LogP contribution in [0.3, 0.4) is 0 Å². The van der Waals surface area contributed by atoms with E-state index in [-0.39, 0.29) is 0 Å². The Kier molecular flexibility index (Phi) is 5.26. The SMILES string of the molecule is COc1cc(OC)cc(C2C(CN)CCCCN2C)c1. The van der Waals surface area contributed by atoms with Gasteiger partial charge in [0.15, 0.2) is 0 Å². The van der Waals surface area contributed by atoms with E-state index >= 15 is 0 Å². The van der Waals surface area contributed by atoms with Crippen LogP contribution in [0.2, 0.25) is 0 Å². The summed E-state index contributed by atoms with van der Waals surface area (Å²) in [6.07, 6.45) is 3.68. The normalized spacial score (nSPS) is 24.2. The molecule has 20 heavy (non-hydrogen) atoms. The molecule has 0 bridgehead atoms. The van der Waals surface area contributed by atoms with E-state index in [1.807, 2.05) is 6.07 Å². The summed E-state index contributed by atoms with van der Waals surface area (Å²) < 4.78 is 10.8. The lowest BCUT2D eigenvalue weighted by molar-refractivity contribution is 0.195. The molecule has 1 aliphatic rings. The van der Waals surface area contributed by atoms with Crippen LogP contribution < -0.4 is 15.2 Å². The van der Waals surface area contributed by atoms with E-state index in [0.29, 0.717) is 18.5 Å². The fourth-order valence-electron chi connectivity index (χ4n) is 3.20. The Bertz CT molecular complexity index is 414. The van der Waals surface area contributed by atoms with E-state index in [0.717, 1.165) is 18.0 Å². The van der Waals surface area contributed by atoms with Crippen molar-refractivity contribution in [1.82, 2.24) is 4.90 Å². The Morgan fingerprint density at radius 2 is 1.80 bits per heavy atom. The Labute approximate surface area is 121 Å². The van der Waals surface area contributed by atoms with E-state index in [1.165, 1.54) is 24.8 Å². The molecule has 2 unspecified atom stereocenters. The Morgan fingerprint density at radius 1 is 1.15 bits per heavy atom. The zero-order valence-electron chi connectivity index (χ0n) is 12.8. The van der Waals surface area contributed by atoms with E-state index in [4.69, 9.17) is 15.2 Å². The molecule has 0 aromatic heterocycles. The van der Waals surface area contributed by atoms with Crippen LogP contribution in [0.25, 0.3) is 0 Å². The number of benzene rings is 1. The van der Waals surface area contributed by atoms with Crippen LogP contribution in [0.5, 0.6) is 11.5 Å². The highest BCUT2D eigenvalue weighted by Gasteiger charge is 2.28. The quantitative estimate of drug-likeness (QED) is 0.919. The molecule has 1 aromatic rings. The third kappa shape index (κ3) is 3.25.